The van der Waals surface area contributed by atoms with Crippen molar-refractivity contribution >= 4 is 15.9 Å². The van der Waals surface area contributed by atoms with Gasteiger partial charge in [0.1, 0.15) is 0 Å². The molecular formula is C24H33N3O3S. The summed E-state index contributed by atoms with van der Waals surface area (Å²) < 4.78 is 29.9. The molecule has 6 nitrogen and oxygen atoms in total. The van der Waals surface area contributed by atoms with Crippen LogP contribution in [0.5, 0.6) is 0 Å². The number of benzene rings is 1. The van der Waals surface area contributed by atoms with Gasteiger partial charge in [-0.3, -0.25) is 4.79 Å². The van der Waals surface area contributed by atoms with E-state index in [1.165, 1.54) is 0 Å². The highest BCUT2D eigenvalue weighted by atomic mass is 32.2. The van der Waals surface area contributed by atoms with Crippen molar-refractivity contribution in [2.24, 2.45) is 13.0 Å². The maximum absolute atomic E-state index is 13.6. The fraction of sp³-hybridized carbons (Fsp3) is 0.542. The third-order valence-electron chi connectivity index (χ3n) is 6.79. The summed E-state index contributed by atoms with van der Waals surface area (Å²) in [5.74, 6) is 0.474. The van der Waals surface area contributed by atoms with Crippen LogP contribution in [0.1, 0.15) is 67.5 Å². The molecule has 2 fully saturated rings. The number of aryl methyl sites for hydroxylation is 1. The molecule has 0 saturated carbocycles. The third-order valence-corrected chi connectivity index (χ3v) is 8.69. The summed E-state index contributed by atoms with van der Waals surface area (Å²) in [4.78, 5) is 15.8. The maximum Gasteiger partial charge on any atom is 0.254 e. The number of piperidine rings is 1. The molecule has 168 valence electrons. The van der Waals surface area contributed by atoms with Crippen molar-refractivity contribution in [3.05, 3.63) is 53.9 Å². The van der Waals surface area contributed by atoms with Crippen LogP contribution < -0.4 is 0 Å². The number of likely N-dealkylation sites (tertiary alicyclic amines) is 1. The number of aromatic nitrogens is 1. The van der Waals surface area contributed by atoms with E-state index in [0.29, 0.717) is 31.1 Å². The van der Waals surface area contributed by atoms with Gasteiger partial charge in [0.05, 0.1) is 10.9 Å². The SMILES string of the molecule is C[C@@H]1CC[C@@H](c2cccn2C)N(C(=O)c2cccc(S(=O)(=O)N3CCCCC3)c2)CC1. The molecule has 2 aromatic rings. The van der Waals surface area contributed by atoms with Crippen molar-refractivity contribution in [3.8, 4) is 0 Å². The first kappa shape index (κ1) is 22.1. The summed E-state index contributed by atoms with van der Waals surface area (Å²) in [7, 11) is -1.56. The molecule has 1 aromatic heterocycles. The van der Waals surface area contributed by atoms with Crippen LogP contribution in [0.4, 0.5) is 0 Å². The van der Waals surface area contributed by atoms with Crippen molar-refractivity contribution in [1.29, 1.82) is 0 Å². The normalized spacial score (nSPS) is 23.5. The largest absolute Gasteiger partial charge is 0.353 e. The molecule has 3 heterocycles. The van der Waals surface area contributed by atoms with Gasteiger partial charge < -0.3 is 9.47 Å². The monoisotopic (exact) mass is 443 g/mol. The van der Waals surface area contributed by atoms with Crippen molar-refractivity contribution in [3.63, 3.8) is 0 Å². The van der Waals surface area contributed by atoms with E-state index in [9.17, 15) is 13.2 Å². The molecule has 7 heteroatoms. The van der Waals surface area contributed by atoms with E-state index in [4.69, 9.17) is 0 Å². The molecule has 0 unspecified atom stereocenters. The van der Waals surface area contributed by atoms with Gasteiger partial charge in [-0.15, -0.1) is 0 Å². The van der Waals surface area contributed by atoms with Crippen LogP contribution in [-0.2, 0) is 17.1 Å². The Bertz CT molecular complexity index is 1020. The molecule has 1 amide bonds. The zero-order chi connectivity index (χ0) is 22.0. The summed E-state index contributed by atoms with van der Waals surface area (Å²) in [6.07, 6.45) is 7.80. The molecule has 0 radical (unpaired) electrons. The number of carbonyl (C=O) groups is 1. The van der Waals surface area contributed by atoms with E-state index in [2.05, 4.69) is 17.6 Å². The van der Waals surface area contributed by atoms with Crippen LogP contribution in [0, 0.1) is 5.92 Å². The average molecular weight is 444 g/mol. The van der Waals surface area contributed by atoms with Crippen LogP contribution in [0.3, 0.4) is 0 Å². The van der Waals surface area contributed by atoms with E-state index in [0.717, 1.165) is 44.2 Å². The fourth-order valence-corrected chi connectivity index (χ4v) is 6.40. The Morgan fingerprint density at radius 1 is 0.968 bits per heavy atom. The second kappa shape index (κ2) is 9.17. The van der Waals surface area contributed by atoms with Crippen molar-refractivity contribution in [2.75, 3.05) is 19.6 Å². The van der Waals surface area contributed by atoms with Crippen LogP contribution in [0.15, 0.2) is 47.5 Å². The van der Waals surface area contributed by atoms with Gasteiger partial charge in [-0.05, 0) is 68.4 Å². The van der Waals surface area contributed by atoms with E-state index in [1.807, 2.05) is 24.2 Å². The maximum atomic E-state index is 13.6. The number of carbonyl (C=O) groups excluding carboxylic acids is 1. The predicted molar refractivity (Wildman–Crippen MR) is 121 cm³/mol. The van der Waals surface area contributed by atoms with Crippen LogP contribution >= 0.6 is 0 Å². The Kier molecular flexibility index (Phi) is 6.53. The lowest BCUT2D eigenvalue weighted by Crippen LogP contribution is -2.37. The summed E-state index contributed by atoms with van der Waals surface area (Å²) in [6, 6.07) is 10.7. The zero-order valence-electron chi connectivity index (χ0n) is 18.5. The highest BCUT2D eigenvalue weighted by Crippen LogP contribution is 2.34. The topological polar surface area (TPSA) is 62.6 Å². The van der Waals surface area contributed by atoms with Gasteiger partial charge in [-0.25, -0.2) is 8.42 Å². The Labute approximate surface area is 185 Å². The lowest BCUT2D eigenvalue weighted by Gasteiger charge is -2.31. The number of amides is 1. The molecule has 31 heavy (non-hydrogen) atoms. The number of sulfonamides is 1. The molecule has 2 saturated heterocycles. The first-order valence-corrected chi connectivity index (χ1v) is 12.8. The molecule has 2 atom stereocenters. The van der Waals surface area contributed by atoms with Gasteiger partial charge >= 0.3 is 0 Å². The van der Waals surface area contributed by atoms with E-state index in [-0.39, 0.29) is 16.8 Å². The lowest BCUT2D eigenvalue weighted by molar-refractivity contribution is 0.0673. The first-order valence-electron chi connectivity index (χ1n) is 11.4. The molecule has 4 rings (SSSR count). The Morgan fingerprint density at radius 2 is 1.74 bits per heavy atom. The summed E-state index contributed by atoms with van der Waals surface area (Å²) in [6.45, 7) is 4.03. The number of hydrogen-bond donors (Lipinski definition) is 0. The molecule has 1 aromatic carbocycles. The zero-order valence-corrected chi connectivity index (χ0v) is 19.4. The Hall–Kier alpha value is -2.12. The summed E-state index contributed by atoms with van der Waals surface area (Å²) in [5.41, 5.74) is 1.58. The Balaban J connectivity index is 1.64. The number of hydrogen-bond acceptors (Lipinski definition) is 3. The van der Waals surface area contributed by atoms with E-state index < -0.39 is 10.0 Å². The smallest absolute Gasteiger partial charge is 0.254 e. The highest BCUT2D eigenvalue weighted by molar-refractivity contribution is 7.89. The van der Waals surface area contributed by atoms with E-state index >= 15 is 0 Å². The molecule has 2 aliphatic heterocycles. The fourth-order valence-electron chi connectivity index (χ4n) is 4.84. The summed E-state index contributed by atoms with van der Waals surface area (Å²) in [5, 5.41) is 0. The second-order valence-electron chi connectivity index (χ2n) is 9.02. The number of rotatable bonds is 4. The minimum absolute atomic E-state index is 0.000178. The average Bonchev–Trinajstić information content (AvgIpc) is 3.11. The quantitative estimate of drug-likeness (QED) is 0.711. The minimum atomic E-state index is -3.57. The summed E-state index contributed by atoms with van der Waals surface area (Å²) >= 11 is 0. The van der Waals surface area contributed by atoms with Crippen LogP contribution in [0.2, 0.25) is 0 Å². The Morgan fingerprint density at radius 3 is 2.45 bits per heavy atom. The van der Waals surface area contributed by atoms with Gasteiger partial charge in [-0.2, -0.15) is 4.31 Å². The molecule has 0 bridgehead atoms. The first-order chi connectivity index (χ1) is 14.9. The predicted octanol–water partition coefficient (Wildman–Crippen LogP) is 4.20. The van der Waals surface area contributed by atoms with Gasteiger partial charge in [-0.1, -0.05) is 19.4 Å². The highest BCUT2D eigenvalue weighted by Gasteiger charge is 2.32. The van der Waals surface area contributed by atoms with E-state index in [1.54, 1.807) is 28.6 Å². The lowest BCUT2D eigenvalue weighted by atomic mass is 10.00. The van der Waals surface area contributed by atoms with Gasteiger partial charge in [0.25, 0.3) is 5.91 Å². The molecule has 2 aliphatic rings. The second-order valence-corrected chi connectivity index (χ2v) is 11.0. The molecule has 0 spiro atoms. The third kappa shape index (κ3) is 4.58. The molecule has 0 aliphatic carbocycles. The minimum Gasteiger partial charge on any atom is -0.353 e. The standard InChI is InChI=1S/C24H33N3O3S/c1-19-11-12-23(22-10-7-14-25(22)2)27(17-13-19)24(28)20-8-6-9-21(18-20)31(29,30)26-15-4-3-5-16-26/h6-10,14,18-19,23H,3-5,11-13,15-17H2,1-2H3/t19-,23+/m1/s1. The van der Waals surface area contributed by atoms with Crippen LogP contribution in [-0.4, -0.2) is 47.7 Å². The molecule has 0 N–H and O–H groups in total. The van der Waals surface area contributed by atoms with Gasteiger partial charge in [0.2, 0.25) is 10.0 Å². The van der Waals surface area contributed by atoms with Crippen molar-refractivity contribution < 1.29 is 13.2 Å². The van der Waals surface area contributed by atoms with Crippen molar-refractivity contribution in [2.45, 2.75) is 56.4 Å². The molecular weight excluding hydrogens is 410 g/mol. The van der Waals surface area contributed by atoms with Gasteiger partial charge in [0.15, 0.2) is 0 Å². The van der Waals surface area contributed by atoms with Gasteiger partial charge in [0, 0.05) is 44.1 Å². The van der Waals surface area contributed by atoms with Crippen molar-refractivity contribution in [1.82, 2.24) is 13.8 Å². The number of nitrogens with zero attached hydrogens (tertiary/aromatic N) is 3. The van der Waals surface area contributed by atoms with Crippen LogP contribution in [0.25, 0.3) is 0 Å².